The van der Waals surface area contributed by atoms with E-state index in [9.17, 15) is 16.8 Å². The number of ether oxygens (including phenoxy) is 1. The predicted octanol–water partition coefficient (Wildman–Crippen LogP) is 3.28. The van der Waals surface area contributed by atoms with Gasteiger partial charge >= 0.3 is 0 Å². The Morgan fingerprint density at radius 2 is 0.963 bits per heavy atom. The molecule has 27 heavy (non-hydrogen) atoms. The molecule has 2 N–H and O–H groups in total. The predicted molar refractivity (Wildman–Crippen MR) is 102 cm³/mol. The number of benzene rings is 2. The van der Waals surface area contributed by atoms with Gasteiger partial charge in [0, 0.05) is 13.2 Å². The van der Waals surface area contributed by atoms with Crippen LogP contribution in [0.25, 0.3) is 0 Å². The van der Waals surface area contributed by atoms with Crippen LogP contribution in [0.1, 0.15) is 24.0 Å². The normalized spacial score (nSPS) is 13.8. The summed E-state index contributed by atoms with van der Waals surface area (Å²) in [5, 5.41) is 0. The third-order valence-corrected chi connectivity index (χ3v) is 5.20. The van der Waals surface area contributed by atoms with Crippen LogP contribution in [0.15, 0.2) is 58.3 Å². The van der Waals surface area contributed by atoms with Crippen LogP contribution in [0.3, 0.4) is 0 Å². The van der Waals surface area contributed by atoms with Gasteiger partial charge in [-0.25, -0.2) is 0 Å². The minimum absolute atomic E-state index is 0.0666. The van der Waals surface area contributed by atoms with Crippen molar-refractivity contribution in [2.45, 2.75) is 36.5 Å². The summed E-state index contributed by atoms with van der Waals surface area (Å²) in [4.78, 5) is -0.133. The molecule has 0 atom stereocenters. The van der Waals surface area contributed by atoms with E-state index in [1.165, 1.54) is 37.1 Å². The summed E-state index contributed by atoms with van der Waals surface area (Å²) in [6.45, 7) is 5.68. The van der Waals surface area contributed by atoms with Crippen molar-refractivity contribution in [1.82, 2.24) is 0 Å². The Morgan fingerprint density at radius 1 is 0.667 bits per heavy atom. The maximum Gasteiger partial charge on any atom is 0.294 e. The molecule has 1 aliphatic heterocycles. The van der Waals surface area contributed by atoms with Crippen molar-refractivity contribution in [1.29, 1.82) is 0 Å². The minimum atomic E-state index is -4.02. The summed E-state index contributed by atoms with van der Waals surface area (Å²) in [6, 6.07) is 12.0. The molecule has 0 radical (unpaired) electrons. The fourth-order valence-electron chi connectivity index (χ4n) is 1.93. The van der Waals surface area contributed by atoms with Gasteiger partial charge in [-0.1, -0.05) is 35.4 Å². The number of hydrogen-bond donors (Lipinski definition) is 2. The zero-order chi connectivity index (χ0) is 20.5. The summed E-state index contributed by atoms with van der Waals surface area (Å²) in [5.74, 6) is 0. The average molecular weight is 417 g/mol. The van der Waals surface area contributed by atoms with Gasteiger partial charge < -0.3 is 4.74 Å². The third kappa shape index (κ3) is 9.64. The van der Waals surface area contributed by atoms with Gasteiger partial charge in [0.25, 0.3) is 20.2 Å². The van der Waals surface area contributed by atoms with Gasteiger partial charge in [-0.2, -0.15) is 16.8 Å². The van der Waals surface area contributed by atoms with Gasteiger partial charge in [0.15, 0.2) is 0 Å². The number of rotatable bonds is 2. The average Bonchev–Trinajstić information content (AvgIpc) is 3.14. The van der Waals surface area contributed by atoms with Crippen LogP contribution in [0.2, 0.25) is 0 Å². The largest absolute Gasteiger partial charge is 0.381 e. The third-order valence-electron chi connectivity index (χ3n) is 3.47. The van der Waals surface area contributed by atoms with E-state index in [1.807, 2.05) is 13.8 Å². The molecule has 3 rings (SSSR count). The van der Waals surface area contributed by atoms with Crippen molar-refractivity contribution in [3.05, 3.63) is 59.7 Å². The van der Waals surface area contributed by atoms with E-state index >= 15 is 0 Å². The second-order valence-corrected chi connectivity index (χ2v) is 8.74. The molecule has 9 heteroatoms. The molecule has 0 unspecified atom stereocenters. The smallest absolute Gasteiger partial charge is 0.294 e. The van der Waals surface area contributed by atoms with Crippen LogP contribution < -0.4 is 0 Å². The molecule has 1 saturated heterocycles. The lowest BCUT2D eigenvalue weighted by molar-refractivity contribution is 0.198. The lowest BCUT2D eigenvalue weighted by atomic mass is 10.2. The van der Waals surface area contributed by atoms with Gasteiger partial charge in [0.05, 0.1) is 9.79 Å². The Labute approximate surface area is 160 Å². The van der Waals surface area contributed by atoms with Crippen molar-refractivity contribution in [2.24, 2.45) is 0 Å². The maximum atomic E-state index is 10.5. The Bertz CT molecular complexity index is 816. The second kappa shape index (κ2) is 10.5. The molecule has 7 nitrogen and oxygen atoms in total. The van der Waals surface area contributed by atoms with Gasteiger partial charge in [0.1, 0.15) is 0 Å². The Kier molecular flexibility index (Phi) is 9.07. The molecule has 150 valence electrons. The highest BCUT2D eigenvalue weighted by Gasteiger charge is 2.07. The molecule has 0 spiro atoms. The Morgan fingerprint density at radius 3 is 1.15 bits per heavy atom. The first-order valence-electron chi connectivity index (χ1n) is 8.16. The zero-order valence-corrected chi connectivity index (χ0v) is 16.8. The fourth-order valence-corrected chi connectivity index (χ4v) is 2.89. The molecule has 0 amide bonds. The van der Waals surface area contributed by atoms with Crippen LogP contribution in [-0.2, 0) is 25.0 Å². The van der Waals surface area contributed by atoms with Crippen LogP contribution in [0, 0.1) is 13.8 Å². The summed E-state index contributed by atoms with van der Waals surface area (Å²) in [5.41, 5.74) is 1.91. The zero-order valence-electron chi connectivity index (χ0n) is 15.2. The van der Waals surface area contributed by atoms with Crippen LogP contribution in [-0.4, -0.2) is 39.2 Å². The molecule has 1 heterocycles. The van der Waals surface area contributed by atoms with Crippen LogP contribution in [0.5, 0.6) is 0 Å². The second-order valence-electron chi connectivity index (χ2n) is 5.90. The minimum Gasteiger partial charge on any atom is -0.381 e. The van der Waals surface area contributed by atoms with Gasteiger partial charge in [0.2, 0.25) is 0 Å². The van der Waals surface area contributed by atoms with E-state index in [4.69, 9.17) is 13.8 Å². The van der Waals surface area contributed by atoms with Crippen LogP contribution >= 0.6 is 0 Å². The van der Waals surface area contributed by atoms with E-state index in [2.05, 4.69) is 0 Å². The van der Waals surface area contributed by atoms with E-state index in [0.717, 1.165) is 24.3 Å². The van der Waals surface area contributed by atoms with Crippen molar-refractivity contribution in [3.63, 3.8) is 0 Å². The first kappa shape index (κ1) is 23.3. The van der Waals surface area contributed by atoms with Crippen LogP contribution in [0.4, 0.5) is 0 Å². The highest BCUT2D eigenvalue weighted by molar-refractivity contribution is 7.86. The number of aryl methyl sites for hydroxylation is 2. The number of hydrogen-bond acceptors (Lipinski definition) is 5. The lowest BCUT2D eigenvalue weighted by Gasteiger charge is -1.95. The topological polar surface area (TPSA) is 118 Å². The Hall–Kier alpha value is -1.78. The molecule has 2 aromatic rings. The van der Waals surface area contributed by atoms with E-state index < -0.39 is 20.2 Å². The van der Waals surface area contributed by atoms with Crippen molar-refractivity contribution < 1.29 is 30.7 Å². The Balaban J connectivity index is 0.000000216. The first-order valence-corrected chi connectivity index (χ1v) is 11.0. The molecule has 0 aromatic heterocycles. The first-order chi connectivity index (χ1) is 12.5. The monoisotopic (exact) mass is 416 g/mol. The molecule has 0 bridgehead atoms. The highest BCUT2D eigenvalue weighted by atomic mass is 32.2. The molecule has 1 aliphatic rings. The molecule has 2 aromatic carbocycles. The quantitative estimate of drug-likeness (QED) is 0.721. The summed E-state index contributed by atoms with van der Waals surface area (Å²) >= 11 is 0. The molecule has 0 aliphatic carbocycles. The van der Waals surface area contributed by atoms with Crippen molar-refractivity contribution in [3.8, 4) is 0 Å². The van der Waals surface area contributed by atoms with Gasteiger partial charge in [-0.15, -0.1) is 0 Å². The molecular weight excluding hydrogens is 392 g/mol. The maximum absolute atomic E-state index is 10.5. The van der Waals surface area contributed by atoms with Gasteiger partial charge in [-0.05, 0) is 51.0 Å². The van der Waals surface area contributed by atoms with E-state index in [1.54, 1.807) is 24.3 Å². The van der Waals surface area contributed by atoms with E-state index in [0.29, 0.717) is 0 Å². The van der Waals surface area contributed by atoms with Crippen molar-refractivity contribution >= 4 is 20.2 Å². The molecule has 0 saturated carbocycles. The highest BCUT2D eigenvalue weighted by Crippen LogP contribution is 2.09. The molecule has 1 fully saturated rings. The summed E-state index contributed by atoms with van der Waals surface area (Å²) in [7, 11) is -8.04. The summed E-state index contributed by atoms with van der Waals surface area (Å²) in [6.07, 6.45) is 2.56. The standard InChI is InChI=1S/2C7H8O3S.C4H8O/c2*1-6-2-4-7(5-3-6)11(8,9)10;1-2-4-5-3-1/h2*2-5H,1H3,(H,8,9,10);1-4H2. The fraction of sp³-hybridized carbons (Fsp3) is 0.333. The molecular formula is C18H24O7S2. The lowest BCUT2D eigenvalue weighted by Crippen LogP contribution is -1.96. The van der Waals surface area contributed by atoms with Gasteiger partial charge in [-0.3, -0.25) is 9.11 Å². The summed E-state index contributed by atoms with van der Waals surface area (Å²) < 4.78 is 64.0. The van der Waals surface area contributed by atoms with Crippen molar-refractivity contribution in [2.75, 3.05) is 13.2 Å². The SMILES string of the molecule is C1CCOC1.Cc1ccc(S(=O)(=O)O)cc1.Cc1ccc(S(=O)(=O)O)cc1. The van der Waals surface area contributed by atoms with E-state index in [-0.39, 0.29) is 9.79 Å².